The lowest BCUT2D eigenvalue weighted by Crippen LogP contribution is -2.70. The van der Waals surface area contributed by atoms with E-state index in [4.69, 9.17) is 24.2 Å². The standard InChI is InChI=1S/C53H74N2O7/c1-5-8-9-10-11-12-13-14-15-26-50(58)55(31-6-2)49-38-47(54-59-4)45-36-41(24-18-20-32-56)44(25-19-21-33-57)51-46-37-43(61-42-28-27-39-22-16-17-23-40(39)35-42)29-30-48(46)62-53(49,52(45)51)60-34-7-3/h7,16-17,22-23,27-30,35-37,41,44,49,51-52,56-57H,3,5-6,8-15,18-21,24-26,31-34,38H2,1-2,4H3. The van der Waals surface area contributed by atoms with Crippen molar-refractivity contribution in [2.75, 3.05) is 33.5 Å². The van der Waals surface area contributed by atoms with Crippen molar-refractivity contribution in [2.45, 2.75) is 147 Å². The van der Waals surface area contributed by atoms with Crippen LogP contribution in [0.1, 0.15) is 141 Å². The van der Waals surface area contributed by atoms with Crippen molar-refractivity contribution in [1.82, 2.24) is 4.90 Å². The third-order valence-corrected chi connectivity index (χ3v) is 13.5. The van der Waals surface area contributed by atoms with Gasteiger partial charge >= 0.3 is 0 Å². The predicted molar refractivity (Wildman–Crippen MR) is 250 cm³/mol. The predicted octanol–water partition coefficient (Wildman–Crippen LogP) is 12.1. The molecule has 2 N–H and O–H groups in total. The van der Waals surface area contributed by atoms with E-state index < -0.39 is 11.8 Å². The molecule has 1 amide bonds. The fourth-order valence-electron chi connectivity index (χ4n) is 10.6. The number of nitrogens with zero attached hydrogens (tertiary/aromatic N) is 2. The number of ether oxygens (including phenoxy) is 3. The average Bonchev–Trinajstić information content (AvgIpc) is 3.28. The first-order valence-electron chi connectivity index (χ1n) is 24.0. The fourth-order valence-corrected chi connectivity index (χ4v) is 10.6. The summed E-state index contributed by atoms with van der Waals surface area (Å²) in [5.41, 5.74) is 2.90. The second-order valence-corrected chi connectivity index (χ2v) is 17.7. The second kappa shape index (κ2) is 24.0. The molecular weight excluding hydrogens is 777 g/mol. The largest absolute Gasteiger partial charge is 0.459 e. The van der Waals surface area contributed by atoms with Crippen LogP contribution in [0.4, 0.5) is 0 Å². The molecule has 1 heterocycles. The van der Waals surface area contributed by atoms with E-state index in [9.17, 15) is 15.0 Å². The molecule has 0 spiro atoms. The first-order valence-corrected chi connectivity index (χ1v) is 24.0. The number of allylic oxidation sites excluding steroid dienone is 1. The average molecular weight is 851 g/mol. The molecule has 62 heavy (non-hydrogen) atoms. The van der Waals surface area contributed by atoms with Crippen molar-refractivity contribution < 1.29 is 34.1 Å². The summed E-state index contributed by atoms with van der Waals surface area (Å²) in [6.45, 7) is 9.54. The lowest BCUT2D eigenvalue weighted by atomic mass is 9.55. The number of carbonyl (C=O) groups is 1. The number of benzene rings is 3. The zero-order chi connectivity index (χ0) is 43.7. The van der Waals surface area contributed by atoms with E-state index in [1.807, 2.05) is 35.2 Å². The zero-order valence-electron chi connectivity index (χ0n) is 37.9. The Hall–Kier alpha value is -4.18. The minimum absolute atomic E-state index is 0.109. The third kappa shape index (κ3) is 11.3. The third-order valence-electron chi connectivity index (χ3n) is 13.5. The van der Waals surface area contributed by atoms with Crippen LogP contribution >= 0.6 is 0 Å². The summed E-state index contributed by atoms with van der Waals surface area (Å²) < 4.78 is 21.2. The van der Waals surface area contributed by atoms with E-state index in [1.165, 1.54) is 38.5 Å². The Morgan fingerprint density at radius 3 is 2.26 bits per heavy atom. The van der Waals surface area contributed by atoms with Crippen LogP contribution < -0.4 is 9.47 Å². The Morgan fingerprint density at radius 1 is 0.855 bits per heavy atom. The van der Waals surface area contributed by atoms with E-state index >= 15 is 0 Å². The SMILES string of the molecule is C=CCOC12Oc3ccc(Oc4ccc5ccccc5c4)cc3C3C(CCCCO)C(CCCCO)C=C(C(=NOC)CC1N(CCC)C(=O)CCCCCCCCCCC)C32. The Kier molecular flexibility index (Phi) is 18.3. The van der Waals surface area contributed by atoms with Crippen molar-refractivity contribution >= 4 is 22.4 Å². The number of hydrogen-bond acceptors (Lipinski definition) is 8. The lowest BCUT2D eigenvalue weighted by Gasteiger charge is -2.60. The molecule has 0 radical (unpaired) electrons. The van der Waals surface area contributed by atoms with Gasteiger partial charge in [0, 0.05) is 44.1 Å². The van der Waals surface area contributed by atoms with Crippen molar-refractivity contribution in [1.29, 1.82) is 0 Å². The molecule has 338 valence electrons. The van der Waals surface area contributed by atoms with Crippen LogP contribution in [-0.4, -0.2) is 72.0 Å². The lowest BCUT2D eigenvalue weighted by molar-refractivity contribution is -0.257. The molecule has 6 rings (SSSR count). The van der Waals surface area contributed by atoms with E-state index in [-0.39, 0.29) is 49.4 Å². The molecule has 1 saturated carbocycles. The highest BCUT2D eigenvalue weighted by molar-refractivity contribution is 6.03. The second-order valence-electron chi connectivity index (χ2n) is 17.7. The van der Waals surface area contributed by atoms with Crippen molar-refractivity contribution in [3.63, 3.8) is 0 Å². The quantitative estimate of drug-likeness (QED) is 0.0446. The number of hydrogen-bond donors (Lipinski definition) is 2. The monoisotopic (exact) mass is 851 g/mol. The van der Waals surface area contributed by atoms with Gasteiger partial charge < -0.3 is 34.2 Å². The maximum Gasteiger partial charge on any atom is 0.239 e. The van der Waals surface area contributed by atoms with Crippen molar-refractivity contribution in [2.24, 2.45) is 22.9 Å². The number of oxime groups is 1. The maximum absolute atomic E-state index is 14.7. The molecule has 0 aromatic heterocycles. The molecule has 6 unspecified atom stereocenters. The van der Waals surface area contributed by atoms with E-state index in [2.05, 4.69) is 56.8 Å². The van der Waals surface area contributed by atoms with Gasteiger partial charge in [-0.15, -0.1) is 6.58 Å². The van der Waals surface area contributed by atoms with Gasteiger partial charge in [0.1, 0.15) is 30.4 Å². The maximum atomic E-state index is 14.7. The van der Waals surface area contributed by atoms with Gasteiger partial charge in [0.15, 0.2) is 0 Å². The van der Waals surface area contributed by atoms with Gasteiger partial charge in [-0.2, -0.15) is 0 Å². The zero-order valence-corrected chi connectivity index (χ0v) is 37.9. The Balaban J connectivity index is 1.43. The highest BCUT2D eigenvalue weighted by atomic mass is 16.7. The van der Waals surface area contributed by atoms with Crippen LogP contribution in [0.2, 0.25) is 0 Å². The van der Waals surface area contributed by atoms with Gasteiger partial charge in [-0.3, -0.25) is 4.79 Å². The molecule has 3 aliphatic rings. The Labute approximate surface area is 371 Å². The highest BCUT2D eigenvalue weighted by Gasteiger charge is 2.65. The molecule has 0 saturated heterocycles. The normalized spacial score (nSPS) is 23.3. The van der Waals surface area contributed by atoms with Gasteiger partial charge in [-0.1, -0.05) is 126 Å². The van der Waals surface area contributed by atoms with Crippen LogP contribution in [0, 0.1) is 17.8 Å². The molecular formula is C53H74N2O7. The Bertz CT molecular complexity index is 1940. The first-order chi connectivity index (χ1) is 30.4. The molecule has 2 aliphatic carbocycles. The summed E-state index contributed by atoms with van der Waals surface area (Å²) in [4.78, 5) is 22.4. The fraction of sp³-hybridized carbons (Fsp3) is 0.585. The van der Waals surface area contributed by atoms with Crippen molar-refractivity contribution in [3.05, 3.63) is 90.5 Å². The van der Waals surface area contributed by atoms with Crippen LogP contribution in [0.5, 0.6) is 17.2 Å². The number of aliphatic hydroxyl groups excluding tert-OH is 2. The van der Waals surface area contributed by atoms with Gasteiger partial charge in [0.2, 0.25) is 11.7 Å². The summed E-state index contributed by atoms with van der Waals surface area (Å²) in [5.74, 6) is 0.904. The molecule has 1 fully saturated rings. The number of fused-ring (bicyclic) bond motifs is 3. The number of amides is 1. The van der Waals surface area contributed by atoms with E-state index in [1.54, 1.807) is 13.2 Å². The van der Waals surface area contributed by atoms with Crippen LogP contribution in [0.3, 0.4) is 0 Å². The summed E-state index contributed by atoms with van der Waals surface area (Å²) in [6, 6.07) is 20.1. The minimum atomic E-state index is -1.25. The Morgan fingerprint density at radius 2 is 1.55 bits per heavy atom. The van der Waals surface area contributed by atoms with Gasteiger partial charge in [0.25, 0.3) is 0 Å². The van der Waals surface area contributed by atoms with E-state index in [0.717, 1.165) is 96.9 Å². The topological polar surface area (TPSA) is 110 Å². The van der Waals surface area contributed by atoms with Crippen LogP contribution in [0.15, 0.2) is 90.1 Å². The van der Waals surface area contributed by atoms with E-state index in [0.29, 0.717) is 31.6 Å². The number of unbranched alkanes of at least 4 members (excludes halogenated alkanes) is 10. The molecule has 0 bridgehead atoms. The smallest absolute Gasteiger partial charge is 0.239 e. The van der Waals surface area contributed by atoms with Crippen LogP contribution in [-0.2, 0) is 14.4 Å². The summed E-state index contributed by atoms with van der Waals surface area (Å²) in [7, 11) is 1.59. The van der Waals surface area contributed by atoms with Crippen LogP contribution in [0.25, 0.3) is 10.8 Å². The van der Waals surface area contributed by atoms with Gasteiger partial charge in [-0.25, -0.2) is 0 Å². The molecule has 9 heteroatoms. The highest BCUT2D eigenvalue weighted by Crippen LogP contribution is 2.62. The minimum Gasteiger partial charge on any atom is -0.459 e. The first kappa shape index (κ1) is 47.3. The number of aliphatic hydroxyl groups is 2. The number of rotatable bonds is 27. The molecule has 1 aliphatic heterocycles. The van der Waals surface area contributed by atoms with Gasteiger partial charge in [0.05, 0.1) is 18.2 Å². The molecule has 6 atom stereocenters. The molecule has 9 nitrogen and oxygen atoms in total. The molecule has 3 aromatic rings. The summed E-state index contributed by atoms with van der Waals surface area (Å²) >= 11 is 0. The van der Waals surface area contributed by atoms with Crippen molar-refractivity contribution in [3.8, 4) is 17.2 Å². The molecule has 3 aromatic carbocycles. The number of carbonyl (C=O) groups excluding carboxylic acids is 1. The summed E-state index contributed by atoms with van der Waals surface area (Å²) in [5, 5.41) is 26.9. The van der Waals surface area contributed by atoms with Gasteiger partial charge in [-0.05, 0) is 97.0 Å². The summed E-state index contributed by atoms with van der Waals surface area (Å²) in [6.07, 6.45) is 21.5.